The summed E-state index contributed by atoms with van der Waals surface area (Å²) in [6.07, 6.45) is 12.1. The van der Waals surface area contributed by atoms with Gasteiger partial charge in [0, 0.05) is 12.1 Å². The fraction of sp³-hybridized carbons (Fsp3) is 0.500. The third-order valence-electron chi connectivity index (χ3n) is 4.84. The molecule has 0 unspecified atom stereocenters. The number of hydrogen-bond acceptors (Lipinski definition) is 3. The van der Waals surface area contributed by atoms with Gasteiger partial charge in [0.25, 0.3) is 5.56 Å². The van der Waals surface area contributed by atoms with Crippen molar-refractivity contribution < 1.29 is 9.18 Å². The molecule has 6 nitrogen and oxygen atoms in total. The largest absolute Gasteiger partial charge is 0.333 e. The molecule has 0 radical (unpaired) electrons. The van der Waals surface area contributed by atoms with Gasteiger partial charge < -0.3 is 5.32 Å². The van der Waals surface area contributed by atoms with E-state index in [2.05, 4.69) is 12.2 Å². The molecule has 1 aromatic heterocycles. The Morgan fingerprint density at radius 3 is 2.17 bits per heavy atom. The van der Waals surface area contributed by atoms with Gasteiger partial charge in [-0.05, 0) is 30.7 Å². The average molecular weight is 403 g/mol. The zero-order chi connectivity index (χ0) is 21.1. The van der Waals surface area contributed by atoms with Crippen molar-refractivity contribution in [2.24, 2.45) is 0 Å². The van der Waals surface area contributed by atoms with Gasteiger partial charge in [-0.2, -0.15) is 4.39 Å². The molecule has 0 aliphatic heterocycles. The number of carbonyl (C=O) groups is 1. The Balaban J connectivity index is 1.73. The first-order chi connectivity index (χ1) is 14.0. The van der Waals surface area contributed by atoms with Crippen molar-refractivity contribution in [3.8, 4) is 5.69 Å². The van der Waals surface area contributed by atoms with E-state index in [1.165, 1.54) is 44.9 Å². The van der Waals surface area contributed by atoms with Gasteiger partial charge in [0.05, 0.1) is 11.9 Å². The van der Waals surface area contributed by atoms with Crippen LogP contribution in [0.15, 0.2) is 40.1 Å². The van der Waals surface area contributed by atoms with Crippen LogP contribution >= 0.6 is 0 Å². The molecule has 0 bridgehead atoms. The second kappa shape index (κ2) is 12.0. The van der Waals surface area contributed by atoms with E-state index in [1.54, 1.807) is 24.3 Å². The van der Waals surface area contributed by atoms with Crippen LogP contribution in [0.4, 0.5) is 10.1 Å². The maximum Gasteiger partial charge on any atom is 0.333 e. The average Bonchev–Trinajstić information content (AvgIpc) is 2.70. The Morgan fingerprint density at radius 2 is 1.55 bits per heavy atom. The number of rotatable bonds is 12. The zero-order valence-electron chi connectivity index (χ0n) is 17.0. The Morgan fingerprint density at radius 1 is 0.966 bits per heavy atom. The van der Waals surface area contributed by atoms with Gasteiger partial charge in [-0.25, -0.2) is 4.79 Å². The summed E-state index contributed by atoms with van der Waals surface area (Å²) in [5, 5.41) is 2.82. The van der Waals surface area contributed by atoms with Crippen molar-refractivity contribution in [2.75, 3.05) is 5.32 Å². The number of nitrogens with zero attached hydrogens (tertiary/aromatic N) is 1. The summed E-state index contributed by atoms with van der Waals surface area (Å²) in [6.45, 7) is 2.22. The van der Waals surface area contributed by atoms with Gasteiger partial charge in [0.1, 0.15) is 0 Å². The zero-order valence-corrected chi connectivity index (χ0v) is 17.0. The van der Waals surface area contributed by atoms with Crippen LogP contribution in [0.25, 0.3) is 5.69 Å². The maximum atomic E-state index is 13.4. The standard InChI is InChI=1S/C22H30FN3O3/c1-2-3-4-5-6-7-8-9-10-11-20(27)24-17-12-14-18(15-13-17)26-16-19(23)21(28)25-22(26)29/h12-16H,2-11H2,1H3,(H,24,27)(H,25,28,29). The summed E-state index contributed by atoms with van der Waals surface area (Å²) in [4.78, 5) is 36.9. The predicted molar refractivity (Wildman–Crippen MR) is 113 cm³/mol. The van der Waals surface area contributed by atoms with Crippen LogP contribution in [0.3, 0.4) is 0 Å². The number of carbonyl (C=O) groups excluding carboxylic acids is 1. The van der Waals surface area contributed by atoms with E-state index < -0.39 is 17.1 Å². The Kier molecular flexibility index (Phi) is 9.34. The molecule has 0 saturated carbocycles. The van der Waals surface area contributed by atoms with Crippen molar-refractivity contribution in [3.63, 3.8) is 0 Å². The summed E-state index contributed by atoms with van der Waals surface area (Å²) < 4.78 is 14.4. The smallest absolute Gasteiger partial charge is 0.326 e. The minimum atomic E-state index is -1.05. The normalized spacial score (nSPS) is 10.8. The quantitative estimate of drug-likeness (QED) is 0.511. The number of anilines is 1. The molecule has 0 fully saturated rings. The lowest BCUT2D eigenvalue weighted by Crippen LogP contribution is -2.30. The van der Waals surface area contributed by atoms with Gasteiger partial charge >= 0.3 is 5.69 Å². The summed E-state index contributed by atoms with van der Waals surface area (Å²) in [6, 6.07) is 6.43. The van der Waals surface area contributed by atoms with Gasteiger partial charge in [-0.15, -0.1) is 0 Å². The molecule has 29 heavy (non-hydrogen) atoms. The van der Waals surface area contributed by atoms with Crippen molar-refractivity contribution in [1.82, 2.24) is 9.55 Å². The Bertz CT molecular complexity index is 887. The number of aromatic nitrogens is 2. The number of hydrogen-bond donors (Lipinski definition) is 2. The number of nitrogens with one attached hydrogen (secondary N) is 2. The Labute approximate surface area is 170 Å². The minimum Gasteiger partial charge on any atom is -0.326 e. The first-order valence-corrected chi connectivity index (χ1v) is 10.4. The monoisotopic (exact) mass is 403 g/mol. The number of aromatic amines is 1. The van der Waals surface area contributed by atoms with Crippen LogP contribution < -0.4 is 16.6 Å². The van der Waals surface area contributed by atoms with Crippen molar-refractivity contribution >= 4 is 11.6 Å². The van der Waals surface area contributed by atoms with E-state index in [1.807, 2.05) is 4.98 Å². The second-order valence-corrected chi connectivity index (χ2v) is 7.28. The van der Waals surface area contributed by atoms with E-state index in [4.69, 9.17) is 0 Å². The molecule has 1 aromatic carbocycles. The van der Waals surface area contributed by atoms with E-state index in [0.29, 0.717) is 17.8 Å². The molecule has 0 saturated heterocycles. The van der Waals surface area contributed by atoms with Gasteiger partial charge in [-0.3, -0.25) is 19.1 Å². The molecule has 0 atom stereocenters. The maximum absolute atomic E-state index is 13.4. The molecule has 7 heteroatoms. The SMILES string of the molecule is CCCCCCCCCCCC(=O)Nc1ccc(-n2cc(F)c(=O)[nH]c2=O)cc1. The molecule has 158 valence electrons. The van der Waals surface area contributed by atoms with Gasteiger partial charge in [-0.1, -0.05) is 58.3 Å². The first-order valence-electron chi connectivity index (χ1n) is 10.4. The number of halogens is 1. The van der Waals surface area contributed by atoms with Crippen LogP contribution in [0.2, 0.25) is 0 Å². The molecule has 0 spiro atoms. The summed E-state index contributed by atoms with van der Waals surface area (Å²) in [5.74, 6) is -1.09. The molecule has 1 amide bonds. The van der Waals surface area contributed by atoms with E-state index >= 15 is 0 Å². The van der Waals surface area contributed by atoms with E-state index in [0.717, 1.165) is 23.6 Å². The van der Waals surface area contributed by atoms with Gasteiger partial charge in [0.15, 0.2) is 0 Å². The molecule has 2 rings (SSSR count). The molecule has 2 aromatic rings. The van der Waals surface area contributed by atoms with E-state index in [9.17, 15) is 18.8 Å². The molecule has 0 aliphatic rings. The lowest BCUT2D eigenvalue weighted by Gasteiger charge is -2.08. The Hall–Kier alpha value is -2.70. The highest BCUT2D eigenvalue weighted by Gasteiger charge is 2.07. The number of amides is 1. The number of unbranched alkanes of at least 4 members (excludes halogenated alkanes) is 8. The molecule has 1 heterocycles. The highest BCUT2D eigenvalue weighted by atomic mass is 19.1. The first kappa shape index (κ1) is 22.6. The fourth-order valence-corrected chi connectivity index (χ4v) is 3.16. The molecule has 2 N–H and O–H groups in total. The molecular formula is C22H30FN3O3. The second-order valence-electron chi connectivity index (χ2n) is 7.28. The van der Waals surface area contributed by atoms with Crippen molar-refractivity contribution in [3.05, 3.63) is 57.1 Å². The number of H-pyrrole nitrogens is 1. The third-order valence-corrected chi connectivity index (χ3v) is 4.84. The van der Waals surface area contributed by atoms with Crippen LogP contribution in [0.5, 0.6) is 0 Å². The highest BCUT2D eigenvalue weighted by Crippen LogP contribution is 2.14. The lowest BCUT2D eigenvalue weighted by molar-refractivity contribution is -0.116. The third kappa shape index (κ3) is 7.68. The summed E-state index contributed by atoms with van der Waals surface area (Å²) >= 11 is 0. The summed E-state index contributed by atoms with van der Waals surface area (Å²) in [5.41, 5.74) is -0.778. The highest BCUT2D eigenvalue weighted by molar-refractivity contribution is 5.90. The predicted octanol–water partition coefficient (Wildman–Crippen LogP) is 4.52. The van der Waals surface area contributed by atoms with Crippen LogP contribution in [-0.2, 0) is 4.79 Å². The van der Waals surface area contributed by atoms with Crippen molar-refractivity contribution in [2.45, 2.75) is 71.1 Å². The lowest BCUT2D eigenvalue weighted by atomic mass is 10.1. The van der Waals surface area contributed by atoms with Gasteiger partial charge in [0.2, 0.25) is 11.7 Å². The molecular weight excluding hydrogens is 373 g/mol. The molecule has 0 aliphatic carbocycles. The fourth-order valence-electron chi connectivity index (χ4n) is 3.16. The summed E-state index contributed by atoms with van der Waals surface area (Å²) in [7, 11) is 0. The van der Waals surface area contributed by atoms with Crippen molar-refractivity contribution in [1.29, 1.82) is 0 Å². The van der Waals surface area contributed by atoms with Crippen LogP contribution in [0.1, 0.15) is 71.1 Å². The minimum absolute atomic E-state index is 0.0482. The van der Waals surface area contributed by atoms with E-state index in [-0.39, 0.29) is 5.91 Å². The topological polar surface area (TPSA) is 84.0 Å². The van der Waals surface area contributed by atoms with Crippen LogP contribution in [0, 0.1) is 5.82 Å². The number of benzene rings is 1. The van der Waals surface area contributed by atoms with Crippen LogP contribution in [-0.4, -0.2) is 15.5 Å².